The second kappa shape index (κ2) is 7.43. The number of aliphatic imine (C=N–C) groups is 1. The number of phenols is 1. The first-order valence-corrected chi connectivity index (χ1v) is 6.70. The predicted octanol–water partition coefficient (Wildman–Crippen LogP) is 2.78. The van der Waals surface area contributed by atoms with Crippen LogP contribution < -0.4 is 5.32 Å². The van der Waals surface area contributed by atoms with Gasteiger partial charge in [-0.1, -0.05) is 0 Å². The van der Waals surface area contributed by atoms with Crippen LogP contribution in [0.4, 0.5) is 24.5 Å². The highest BCUT2D eigenvalue weighted by atomic mass is 19.2. The molecule has 10 heteroatoms. The fourth-order valence-corrected chi connectivity index (χ4v) is 1.80. The SMILES string of the molecule is O=C(CN=Cc1cc([N+](=O)[O-])ccc1O)Nc1ccc(F)c(F)c1F. The Hall–Kier alpha value is -3.43. The molecule has 0 atom stereocenters. The molecule has 0 aliphatic carbocycles. The second-order valence-electron chi connectivity index (χ2n) is 4.74. The average molecular weight is 353 g/mol. The Morgan fingerprint density at radius 1 is 1.24 bits per heavy atom. The van der Waals surface area contributed by atoms with Gasteiger partial charge in [0, 0.05) is 23.9 Å². The van der Waals surface area contributed by atoms with Crippen LogP contribution in [0.1, 0.15) is 5.56 Å². The van der Waals surface area contributed by atoms with Crippen molar-refractivity contribution < 1.29 is 28.0 Å². The Labute approximate surface area is 138 Å². The fraction of sp³-hybridized carbons (Fsp3) is 0.0667. The summed E-state index contributed by atoms with van der Waals surface area (Å²) in [5, 5.41) is 22.2. The zero-order valence-electron chi connectivity index (χ0n) is 12.4. The molecule has 0 aliphatic rings. The maximum Gasteiger partial charge on any atom is 0.270 e. The van der Waals surface area contributed by atoms with Crippen molar-refractivity contribution in [2.24, 2.45) is 4.99 Å². The molecule has 2 aromatic rings. The van der Waals surface area contributed by atoms with Crippen LogP contribution in [-0.4, -0.2) is 28.7 Å². The van der Waals surface area contributed by atoms with E-state index in [0.29, 0.717) is 6.07 Å². The quantitative estimate of drug-likeness (QED) is 0.373. The Bertz CT molecular complexity index is 871. The van der Waals surface area contributed by atoms with E-state index in [1.54, 1.807) is 0 Å². The second-order valence-corrected chi connectivity index (χ2v) is 4.74. The van der Waals surface area contributed by atoms with Gasteiger partial charge >= 0.3 is 0 Å². The standard InChI is InChI=1S/C15H10F3N3O4/c16-10-2-3-11(15(18)14(10)17)20-13(23)7-19-6-8-5-9(21(24)25)1-4-12(8)22/h1-6,22H,7H2,(H,20,23). The van der Waals surface area contributed by atoms with E-state index in [-0.39, 0.29) is 17.0 Å². The maximum absolute atomic E-state index is 13.4. The van der Waals surface area contributed by atoms with Gasteiger partial charge in [-0.05, 0) is 18.2 Å². The number of hydrogen-bond acceptors (Lipinski definition) is 5. The molecule has 0 heterocycles. The van der Waals surface area contributed by atoms with Crippen LogP contribution in [0, 0.1) is 27.6 Å². The van der Waals surface area contributed by atoms with Gasteiger partial charge in [0.1, 0.15) is 12.3 Å². The van der Waals surface area contributed by atoms with Crippen LogP contribution in [0.3, 0.4) is 0 Å². The first-order chi connectivity index (χ1) is 11.8. The molecule has 2 N–H and O–H groups in total. The first-order valence-electron chi connectivity index (χ1n) is 6.70. The Balaban J connectivity index is 2.05. The van der Waals surface area contributed by atoms with Crippen molar-refractivity contribution >= 4 is 23.5 Å². The summed E-state index contributed by atoms with van der Waals surface area (Å²) in [6.45, 7) is -0.541. The molecule has 0 radical (unpaired) electrons. The lowest BCUT2D eigenvalue weighted by Crippen LogP contribution is -2.16. The predicted molar refractivity (Wildman–Crippen MR) is 82.2 cm³/mol. The van der Waals surface area contributed by atoms with E-state index in [2.05, 4.69) is 4.99 Å². The van der Waals surface area contributed by atoms with E-state index in [1.165, 1.54) is 0 Å². The topological polar surface area (TPSA) is 105 Å². The van der Waals surface area contributed by atoms with Crippen LogP contribution in [0.5, 0.6) is 5.75 Å². The van der Waals surface area contributed by atoms with E-state index in [4.69, 9.17) is 0 Å². The van der Waals surface area contributed by atoms with Gasteiger partial charge in [0.25, 0.3) is 5.69 Å². The molecule has 0 aliphatic heterocycles. The van der Waals surface area contributed by atoms with Crippen LogP contribution in [0.2, 0.25) is 0 Å². The minimum atomic E-state index is -1.72. The number of hydrogen-bond donors (Lipinski definition) is 2. The molecule has 0 spiro atoms. The molecule has 1 amide bonds. The Morgan fingerprint density at radius 3 is 2.64 bits per heavy atom. The highest BCUT2D eigenvalue weighted by molar-refractivity contribution is 5.94. The van der Waals surface area contributed by atoms with Crippen molar-refractivity contribution in [1.29, 1.82) is 0 Å². The third-order valence-corrected chi connectivity index (χ3v) is 3.00. The van der Waals surface area contributed by atoms with Gasteiger partial charge < -0.3 is 10.4 Å². The molecule has 2 rings (SSSR count). The summed E-state index contributed by atoms with van der Waals surface area (Å²) in [5.74, 6) is -5.79. The number of nitrogens with one attached hydrogen (secondary N) is 1. The zero-order chi connectivity index (χ0) is 18.6. The number of aromatic hydroxyl groups is 1. The minimum Gasteiger partial charge on any atom is -0.507 e. The third kappa shape index (κ3) is 4.31. The molecule has 0 bridgehead atoms. The molecule has 0 unspecified atom stereocenters. The van der Waals surface area contributed by atoms with Crippen molar-refractivity contribution in [2.75, 3.05) is 11.9 Å². The van der Waals surface area contributed by atoms with Gasteiger partial charge in [-0.2, -0.15) is 0 Å². The molecular formula is C15H10F3N3O4. The summed E-state index contributed by atoms with van der Waals surface area (Å²) in [6, 6.07) is 4.73. The van der Waals surface area contributed by atoms with Crippen molar-refractivity contribution in [3.8, 4) is 5.75 Å². The number of anilines is 1. The summed E-state index contributed by atoms with van der Waals surface area (Å²) in [7, 11) is 0. The highest BCUT2D eigenvalue weighted by Gasteiger charge is 2.15. The number of nitrogens with zero attached hydrogens (tertiary/aromatic N) is 2. The summed E-state index contributed by atoms with van der Waals surface area (Å²) in [5.41, 5.74) is -0.842. The van der Waals surface area contributed by atoms with E-state index in [9.17, 15) is 33.2 Å². The van der Waals surface area contributed by atoms with Crippen molar-refractivity contribution in [2.45, 2.75) is 0 Å². The maximum atomic E-state index is 13.4. The molecular weight excluding hydrogens is 343 g/mol. The number of benzene rings is 2. The van der Waals surface area contributed by atoms with Gasteiger partial charge in [-0.3, -0.25) is 19.9 Å². The lowest BCUT2D eigenvalue weighted by Gasteiger charge is -2.05. The van der Waals surface area contributed by atoms with E-state index in [1.807, 2.05) is 5.32 Å². The minimum absolute atomic E-state index is 0.000933. The number of nitro groups is 1. The monoisotopic (exact) mass is 353 g/mol. The van der Waals surface area contributed by atoms with E-state index < -0.39 is 40.5 Å². The van der Waals surface area contributed by atoms with Crippen molar-refractivity contribution in [1.82, 2.24) is 0 Å². The molecule has 0 saturated carbocycles. The smallest absolute Gasteiger partial charge is 0.270 e. The van der Waals surface area contributed by atoms with Crippen LogP contribution in [0.25, 0.3) is 0 Å². The van der Waals surface area contributed by atoms with E-state index >= 15 is 0 Å². The van der Waals surface area contributed by atoms with Crippen molar-refractivity contribution in [3.63, 3.8) is 0 Å². The molecule has 2 aromatic carbocycles. The molecule has 0 saturated heterocycles. The van der Waals surface area contributed by atoms with Crippen LogP contribution in [-0.2, 0) is 4.79 Å². The van der Waals surface area contributed by atoms with Crippen molar-refractivity contribution in [3.05, 3.63) is 63.5 Å². The number of halogens is 3. The van der Waals surface area contributed by atoms with Gasteiger partial charge in [-0.25, -0.2) is 13.2 Å². The largest absolute Gasteiger partial charge is 0.507 e. The Kier molecular flexibility index (Phi) is 5.32. The molecule has 25 heavy (non-hydrogen) atoms. The Morgan fingerprint density at radius 2 is 1.96 bits per heavy atom. The van der Waals surface area contributed by atoms with Gasteiger partial charge in [0.2, 0.25) is 5.91 Å². The number of amides is 1. The number of nitro benzene ring substituents is 1. The summed E-state index contributed by atoms with van der Waals surface area (Å²) >= 11 is 0. The van der Waals surface area contributed by atoms with Gasteiger partial charge in [-0.15, -0.1) is 0 Å². The normalized spacial score (nSPS) is 10.8. The molecule has 130 valence electrons. The van der Waals surface area contributed by atoms with Gasteiger partial charge in [0.05, 0.1) is 10.6 Å². The number of carbonyl (C=O) groups is 1. The van der Waals surface area contributed by atoms with Crippen LogP contribution >= 0.6 is 0 Å². The zero-order valence-corrected chi connectivity index (χ0v) is 12.4. The molecule has 0 fully saturated rings. The highest BCUT2D eigenvalue weighted by Crippen LogP contribution is 2.21. The number of carbonyl (C=O) groups excluding carboxylic acids is 1. The van der Waals surface area contributed by atoms with Crippen LogP contribution in [0.15, 0.2) is 35.3 Å². The molecule has 7 nitrogen and oxygen atoms in total. The summed E-state index contributed by atoms with van der Waals surface area (Å²) in [4.78, 5) is 25.3. The lowest BCUT2D eigenvalue weighted by atomic mass is 10.2. The lowest BCUT2D eigenvalue weighted by molar-refractivity contribution is -0.384. The summed E-state index contributed by atoms with van der Waals surface area (Å²) in [6.07, 6.45) is 1.02. The number of rotatable bonds is 5. The number of non-ortho nitro benzene ring substituents is 1. The average Bonchev–Trinajstić information content (AvgIpc) is 2.57. The first kappa shape index (κ1) is 17.9. The molecule has 0 aromatic heterocycles. The fourth-order valence-electron chi connectivity index (χ4n) is 1.80. The summed E-state index contributed by atoms with van der Waals surface area (Å²) < 4.78 is 39.3. The third-order valence-electron chi connectivity index (χ3n) is 3.00. The van der Waals surface area contributed by atoms with E-state index in [0.717, 1.165) is 30.5 Å². The van der Waals surface area contributed by atoms with Gasteiger partial charge in [0.15, 0.2) is 17.5 Å². The number of phenolic OH excluding ortho intramolecular Hbond substituents is 1.